The van der Waals surface area contributed by atoms with Gasteiger partial charge in [0.1, 0.15) is 6.04 Å². The summed E-state index contributed by atoms with van der Waals surface area (Å²) in [6, 6.07) is -1.16. The molecule has 8 heteroatoms. The van der Waals surface area contributed by atoms with Crippen molar-refractivity contribution < 1.29 is 24.2 Å². The van der Waals surface area contributed by atoms with Crippen molar-refractivity contribution in [3.05, 3.63) is 12.7 Å². The van der Waals surface area contributed by atoms with Crippen LogP contribution >= 0.6 is 11.8 Å². The summed E-state index contributed by atoms with van der Waals surface area (Å²) >= 11 is 1.64. The van der Waals surface area contributed by atoms with E-state index < -0.39 is 28.7 Å². The van der Waals surface area contributed by atoms with Gasteiger partial charge in [0.05, 0.1) is 35.8 Å². The minimum absolute atomic E-state index is 0.00466. The lowest BCUT2D eigenvalue weighted by atomic mass is 9.71. The van der Waals surface area contributed by atoms with E-state index in [1.54, 1.807) is 29.7 Å². The number of amides is 2. The number of aliphatic hydroxyl groups excluding tert-OH is 1. The van der Waals surface area contributed by atoms with Gasteiger partial charge in [-0.05, 0) is 45.4 Å². The normalized spacial score (nSPS) is 31.5. The monoisotopic (exact) mass is 494 g/mol. The van der Waals surface area contributed by atoms with E-state index in [1.165, 1.54) is 0 Å². The molecule has 3 aliphatic heterocycles. The lowest BCUT2D eigenvalue weighted by molar-refractivity contribution is -0.154. The van der Waals surface area contributed by atoms with Crippen LogP contribution in [0.15, 0.2) is 12.7 Å². The molecule has 192 valence electrons. The number of thioether (sulfide) groups is 1. The molecule has 0 radical (unpaired) electrons. The molecule has 7 atom stereocenters. The zero-order valence-corrected chi connectivity index (χ0v) is 22.2. The molecular weight excluding hydrogens is 452 g/mol. The van der Waals surface area contributed by atoms with E-state index in [9.17, 15) is 19.5 Å². The van der Waals surface area contributed by atoms with E-state index in [0.717, 1.165) is 19.3 Å². The molecule has 3 fully saturated rings. The molecule has 1 spiro atoms. The highest BCUT2D eigenvalue weighted by Crippen LogP contribution is 2.67. The number of likely N-dealkylation sites (tertiary alicyclic amines) is 1. The molecule has 0 aromatic rings. The number of aliphatic hydroxyl groups is 1. The Morgan fingerprint density at radius 3 is 2.62 bits per heavy atom. The third-order valence-corrected chi connectivity index (χ3v) is 9.68. The van der Waals surface area contributed by atoms with Gasteiger partial charge in [0.25, 0.3) is 0 Å². The molecule has 3 saturated heterocycles. The first-order chi connectivity index (χ1) is 16.2. The fourth-order valence-corrected chi connectivity index (χ4v) is 8.63. The fraction of sp³-hybridized carbons (Fsp3) is 0.808. The first-order valence-corrected chi connectivity index (χ1v) is 13.7. The Labute approximate surface area is 208 Å². The number of hydrogen-bond donors (Lipinski definition) is 1. The van der Waals surface area contributed by atoms with Crippen molar-refractivity contribution >= 4 is 29.5 Å². The Kier molecular flexibility index (Phi) is 8.77. The van der Waals surface area contributed by atoms with E-state index in [0.29, 0.717) is 19.4 Å². The second-order valence-electron chi connectivity index (χ2n) is 10.4. The number of carbonyl (C=O) groups is 3. The van der Waals surface area contributed by atoms with Gasteiger partial charge in [0, 0.05) is 17.8 Å². The lowest BCUT2D eigenvalue weighted by Gasteiger charge is -2.41. The number of ether oxygens (including phenoxy) is 1. The summed E-state index contributed by atoms with van der Waals surface area (Å²) in [7, 11) is 0. The van der Waals surface area contributed by atoms with Gasteiger partial charge in [-0.2, -0.15) is 0 Å². The summed E-state index contributed by atoms with van der Waals surface area (Å²) in [5, 5.41) is 10.3. The van der Waals surface area contributed by atoms with E-state index in [1.807, 2.05) is 25.7 Å². The van der Waals surface area contributed by atoms with Crippen molar-refractivity contribution in [2.24, 2.45) is 17.8 Å². The van der Waals surface area contributed by atoms with Crippen molar-refractivity contribution in [1.82, 2.24) is 9.80 Å². The highest BCUT2D eigenvalue weighted by molar-refractivity contribution is 8.02. The second-order valence-corrected chi connectivity index (χ2v) is 12.0. The summed E-state index contributed by atoms with van der Waals surface area (Å²) in [6.45, 7) is 14.3. The zero-order chi connectivity index (χ0) is 25.2. The number of fused-ring (bicyclic) bond motifs is 1. The summed E-state index contributed by atoms with van der Waals surface area (Å²) in [5.41, 5.74) is 0. The third kappa shape index (κ3) is 4.52. The molecule has 7 nitrogen and oxygen atoms in total. The van der Waals surface area contributed by atoms with Gasteiger partial charge >= 0.3 is 5.97 Å². The minimum Gasteiger partial charge on any atom is -0.466 e. The van der Waals surface area contributed by atoms with Gasteiger partial charge in [0.2, 0.25) is 11.8 Å². The van der Waals surface area contributed by atoms with Crippen LogP contribution < -0.4 is 0 Å². The maximum Gasteiger partial charge on any atom is 0.310 e. The van der Waals surface area contributed by atoms with Crippen molar-refractivity contribution in [3.63, 3.8) is 0 Å². The SMILES string of the molecule is C=CCN(C(=O)C1N([C@@H](CO)CC(C)C)C(=O)[C@@H]2[C@@H](C(=O)OCC)[C@H]3CCC12S3)C(C)CCC. The summed E-state index contributed by atoms with van der Waals surface area (Å²) in [6.07, 6.45) is 5.63. The molecule has 0 saturated carbocycles. The van der Waals surface area contributed by atoms with Crippen molar-refractivity contribution in [1.29, 1.82) is 0 Å². The maximum absolute atomic E-state index is 14.3. The van der Waals surface area contributed by atoms with E-state index >= 15 is 0 Å². The van der Waals surface area contributed by atoms with Crippen LogP contribution in [0.4, 0.5) is 0 Å². The molecule has 3 unspecified atom stereocenters. The van der Waals surface area contributed by atoms with Crippen LogP contribution in [0.3, 0.4) is 0 Å². The highest BCUT2D eigenvalue weighted by Gasteiger charge is 2.74. The first kappa shape index (κ1) is 27.1. The molecule has 1 N–H and O–H groups in total. The molecule has 0 aromatic carbocycles. The molecule has 3 rings (SSSR count). The van der Waals surface area contributed by atoms with Crippen LogP contribution in [-0.4, -0.2) is 80.6 Å². The number of nitrogens with zero attached hydrogens (tertiary/aromatic N) is 2. The number of rotatable bonds is 12. The Balaban J connectivity index is 2.09. The molecule has 2 amide bonds. The predicted octanol–water partition coefficient (Wildman–Crippen LogP) is 3.25. The average molecular weight is 495 g/mol. The fourth-order valence-electron chi connectivity index (χ4n) is 6.45. The van der Waals surface area contributed by atoms with Crippen molar-refractivity contribution in [3.8, 4) is 0 Å². The Bertz CT molecular complexity index is 789. The van der Waals surface area contributed by atoms with E-state index in [-0.39, 0.29) is 48.2 Å². The second kappa shape index (κ2) is 11.0. The summed E-state index contributed by atoms with van der Waals surface area (Å²) in [4.78, 5) is 44.9. The molecule has 3 heterocycles. The Morgan fingerprint density at radius 2 is 2.06 bits per heavy atom. The minimum atomic E-state index is -0.699. The average Bonchev–Trinajstić information content (AvgIpc) is 3.43. The van der Waals surface area contributed by atoms with Gasteiger partial charge in [-0.15, -0.1) is 18.3 Å². The van der Waals surface area contributed by atoms with E-state index in [2.05, 4.69) is 13.5 Å². The third-order valence-electron chi connectivity index (χ3n) is 7.73. The van der Waals surface area contributed by atoms with Crippen molar-refractivity contribution in [2.75, 3.05) is 19.8 Å². The highest BCUT2D eigenvalue weighted by atomic mass is 32.2. The van der Waals surface area contributed by atoms with Crippen LogP contribution in [0.1, 0.15) is 66.7 Å². The predicted molar refractivity (Wildman–Crippen MR) is 134 cm³/mol. The standard InChI is InChI=1S/C26H42N2O5S/c1-7-10-17(6)27(13-8-2)24(31)22-26-12-11-19(34-26)20(25(32)33-9-3)21(26)23(30)28(22)18(15-29)14-16(4)5/h8,16-22,29H,2,7,9-15H2,1,3-6H3/t17?,18-,19-,20+,21+,22?,26?/m1/s1. The van der Waals surface area contributed by atoms with Crippen LogP contribution in [0.2, 0.25) is 0 Å². The van der Waals surface area contributed by atoms with Crippen LogP contribution in [0, 0.1) is 17.8 Å². The largest absolute Gasteiger partial charge is 0.466 e. The number of carbonyl (C=O) groups excluding carboxylic acids is 3. The first-order valence-electron chi connectivity index (χ1n) is 12.9. The van der Waals surface area contributed by atoms with Crippen LogP contribution in [-0.2, 0) is 19.1 Å². The molecule has 0 aliphatic carbocycles. The Hall–Kier alpha value is -1.54. The van der Waals surface area contributed by atoms with Gasteiger partial charge in [0.15, 0.2) is 0 Å². The Morgan fingerprint density at radius 1 is 1.35 bits per heavy atom. The van der Waals surface area contributed by atoms with Gasteiger partial charge < -0.3 is 19.6 Å². The summed E-state index contributed by atoms with van der Waals surface area (Å²) < 4.78 is 4.73. The lowest BCUT2D eigenvalue weighted by Crippen LogP contribution is -2.59. The van der Waals surface area contributed by atoms with Crippen LogP contribution in [0.25, 0.3) is 0 Å². The van der Waals surface area contributed by atoms with Gasteiger partial charge in [-0.1, -0.05) is 33.3 Å². The molecular formula is C26H42N2O5S. The van der Waals surface area contributed by atoms with Crippen molar-refractivity contribution in [2.45, 2.75) is 94.8 Å². The smallest absolute Gasteiger partial charge is 0.310 e. The van der Waals surface area contributed by atoms with Gasteiger partial charge in [-0.25, -0.2) is 0 Å². The summed E-state index contributed by atoms with van der Waals surface area (Å²) in [5.74, 6) is -1.47. The van der Waals surface area contributed by atoms with Gasteiger partial charge in [-0.3, -0.25) is 14.4 Å². The topological polar surface area (TPSA) is 87.2 Å². The zero-order valence-electron chi connectivity index (χ0n) is 21.4. The molecule has 2 bridgehead atoms. The molecule has 0 aromatic heterocycles. The molecule has 3 aliphatic rings. The molecule has 34 heavy (non-hydrogen) atoms. The maximum atomic E-state index is 14.3. The van der Waals surface area contributed by atoms with Crippen LogP contribution in [0.5, 0.6) is 0 Å². The van der Waals surface area contributed by atoms with E-state index in [4.69, 9.17) is 4.74 Å². The number of hydrogen-bond acceptors (Lipinski definition) is 6. The number of esters is 1. The quantitative estimate of drug-likeness (QED) is 0.331.